The van der Waals surface area contributed by atoms with Gasteiger partial charge in [-0.15, -0.1) is 0 Å². The van der Waals surface area contributed by atoms with Gasteiger partial charge in [0.25, 0.3) is 0 Å². The Kier molecular flexibility index (Phi) is 5.05. The van der Waals surface area contributed by atoms with Crippen LogP contribution in [-0.4, -0.2) is 29.7 Å². The Morgan fingerprint density at radius 3 is 2.85 bits per heavy atom. The van der Waals surface area contributed by atoms with Crippen molar-refractivity contribution in [2.24, 2.45) is 0 Å². The van der Waals surface area contributed by atoms with Crippen LogP contribution in [0.5, 0.6) is 0 Å². The molecule has 0 fully saturated rings. The summed E-state index contributed by atoms with van der Waals surface area (Å²) in [7, 11) is 0. The predicted octanol–water partition coefficient (Wildman–Crippen LogP) is 1.95. The first-order valence-corrected chi connectivity index (χ1v) is 5.65. The molecule has 0 saturated heterocycles. The Morgan fingerprint density at radius 2 is 2.31 bits per heavy atom. The standard InChI is InChI=1S/C10H17NOS/c1-2-4-11(5-6-12)8-10-3-7-13-9-10/h3,7,9,12H,2,4-6,8H2,1H3. The average molecular weight is 199 g/mol. The zero-order valence-electron chi connectivity index (χ0n) is 8.07. The summed E-state index contributed by atoms with van der Waals surface area (Å²) in [4.78, 5) is 2.28. The molecule has 13 heavy (non-hydrogen) atoms. The lowest BCUT2D eigenvalue weighted by Gasteiger charge is -2.19. The maximum atomic E-state index is 8.85. The van der Waals surface area contributed by atoms with Gasteiger partial charge in [-0.3, -0.25) is 4.90 Å². The Labute approximate surface area is 83.8 Å². The lowest BCUT2D eigenvalue weighted by Crippen LogP contribution is -2.26. The first kappa shape index (κ1) is 10.7. The SMILES string of the molecule is CCCN(CCO)Cc1ccsc1. The van der Waals surface area contributed by atoms with E-state index in [1.54, 1.807) is 11.3 Å². The van der Waals surface area contributed by atoms with E-state index in [1.165, 1.54) is 5.56 Å². The van der Waals surface area contributed by atoms with Crippen molar-refractivity contribution in [3.8, 4) is 0 Å². The van der Waals surface area contributed by atoms with Crippen LogP contribution in [0.25, 0.3) is 0 Å². The Hall–Kier alpha value is -0.380. The Bertz CT molecular complexity index is 205. The second-order valence-electron chi connectivity index (χ2n) is 3.13. The molecule has 2 nitrogen and oxygen atoms in total. The molecule has 1 heterocycles. The molecule has 1 N–H and O–H groups in total. The van der Waals surface area contributed by atoms with E-state index in [9.17, 15) is 0 Å². The second-order valence-corrected chi connectivity index (χ2v) is 3.91. The van der Waals surface area contributed by atoms with Crippen molar-refractivity contribution < 1.29 is 5.11 Å². The fourth-order valence-corrected chi connectivity index (χ4v) is 2.03. The second kappa shape index (κ2) is 6.13. The zero-order chi connectivity index (χ0) is 9.52. The van der Waals surface area contributed by atoms with E-state index < -0.39 is 0 Å². The van der Waals surface area contributed by atoms with Gasteiger partial charge in [-0.2, -0.15) is 11.3 Å². The van der Waals surface area contributed by atoms with E-state index in [4.69, 9.17) is 5.11 Å². The van der Waals surface area contributed by atoms with Crippen molar-refractivity contribution in [2.45, 2.75) is 19.9 Å². The van der Waals surface area contributed by atoms with Gasteiger partial charge in [0.2, 0.25) is 0 Å². The molecule has 0 radical (unpaired) electrons. The van der Waals surface area contributed by atoms with Crippen LogP contribution in [0, 0.1) is 0 Å². The summed E-state index contributed by atoms with van der Waals surface area (Å²) in [6.45, 7) is 5.24. The molecule has 74 valence electrons. The number of hydrogen-bond acceptors (Lipinski definition) is 3. The van der Waals surface area contributed by atoms with E-state index in [2.05, 4.69) is 28.7 Å². The van der Waals surface area contributed by atoms with Crippen LogP contribution in [0.2, 0.25) is 0 Å². The summed E-state index contributed by atoms with van der Waals surface area (Å²) in [6, 6.07) is 2.14. The summed E-state index contributed by atoms with van der Waals surface area (Å²) >= 11 is 1.73. The molecule has 3 heteroatoms. The maximum Gasteiger partial charge on any atom is 0.0558 e. The van der Waals surface area contributed by atoms with Crippen LogP contribution < -0.4 is 0 Å². The number of hydrogen-bond donors (Lipinski definition) is 1. The number of thiophene rings is 1. The van der Waals surface area contributed by atoms with E-state index in [1.807, 2.05) is 0 Å². The third-order valence-electron chi connectivity index (χ3n) is 1.94. The average Bonchev–Trinajstić information content (AvgIpc) is 2.58. The lowest BCUT2D eigenvalue weighted by molar-refractivity contribution is 0.190. The van der Waals surface area contributed by atoms with Crippen LogP contribution in [0.15, 0.2) is 16.8 Å². The summed E-state index contributed by atoms with van der Waals surface area (Å²) in [6.07, 6.45) is 1.14. The molecule has 0 aliphatic rings. The number of nitrogens with zero attached hydrogens (tertiary/aromatic N) is 1. The van der Waals surface area contributed by atoms with Gasteiger partial charge in [-0.1, -0.05) is 6.92 Å². The molecule has 1 aromatic heterocycles. The fraction of sp³-hybridized carbons (Fsp3) is 0.600. The van der Waals surface area contributed by atoms with Crippen LogP contribution in [0.3, 0.4) is 0 Å². The molecule has 0 bridgehead atoms. The van der Waals surface area contributed by atoms with Crippen LogP contribution in [-0.2, 0) is 6.54 Å². The largest absolute Gasteiger partial charge is 0.395 e. The van der Waals surface area contributed by atoms with E-state index in [-0.39, 0.29) is 6.61 Å². The van der Waals surface area contributed by atoms with Gasteiger partial charge >= 0.3 is 0 Å². The third kappa shape index (κ3) is 3.89. The van der Waals surface area contributed by atoms with Crippen molar-refractivity contribution in [1.29, 1.82) is 0 Å². The normalized spacial score (nSPS) is 11.0. The van der Waals surface area contributed by atoms with Crippen molar-refractivity contribution in [2.75, 3.05) is 19.7 Å². The Balaban J connectivity index is 2.37. The van der Waals surface area contributed by atoms with Crippen molar-refractivity contribution in [3.63, 3.8) is 0 Å². The maximum absolute atomic E-state index is 8.85. The molecule has 0 aromatic carbocycles. The van der Waals surface area contributed by atoms with E-state index in [0.717, 1.165) is 26.1 Å². The first-order chi connectivity index (χ1) is 6.36. The van der Waals surface area contributed by atoms with Crippen LogP contribution in [0.4, 0.5) is 0 Å². The quantitative estimate of drug-likeness (QED) is 0.757. The monoisotopic (exact) mass is 199 g/mol. The van der Waals surface area contributed by atoms with Crippen molar-refractivity contribution >= 4 is 11.3 Å². The molecule has 0 aliphatic carbocycles. The number of aliphatic hydroxyl groups excluding tert-OH is 1. The summed E-state index contributed by atoms with van der Waals surface area (Å²) in [5.74, 6) is 0. The molecular formula is C10H17NOS. The highest BCUT2D eigenvalue weighted by Gasteiger charge is 2.03. The van der Waals surface area contributed by atoms with Gasteiger partial charge < -0.3 is 5.11 Å². The molecule has 0 saturated carbocycles. The van der Waals surface area contributed by atoms with Crippen LogP contribution >= 0.6 is 11.3 Å². The molecule has 1 aromatic rings. The van der Waals surface area contributed by atoms with Crippen molar-refractivity contribution in [1.82, 2.24) is 4.90 Å². The van der Waals surface area contributed by atoms with Gasteiger partial charge in [-0.05, 0) is 35.4 Å². The van der Waals surface area contributed by atoms with Gasteiger partial charge in [-0.25, -0.2) is 0 Å². The van der Waals surface area contributed by atoms with Gasteiger partial charge in [0.05, 0.1) is 6.61 Å². The third-order valence-corrected chi connectivity index (χ3v) is 2.67. The van der Waals surface area contributed by atoms with Gasteiger partial charge in [0.15, 0.2) is 0 Å². The minimum Gasteiger partial charge on any atom is -0.395 e. The minimum absolute atomic E-state index is 0.254. The highest BCUT2D eigenvalue weighted by Crippen LogP contribution is 2.09. The smallest absolute Gasteiger partial charge is 0.0558 e. The lowest BCUT2D eigenvalue weighted by atomic mass is 10.3. The summed E-state index contributed by atoms with van der Waals surface area (Å²) in [5.41, 5.74) is 1.35. The Morgan fingerprint density at radius 1 is 1.46 bits per heavy atom. The highest BCUT2D eigenvalue weighted by molar-refractivity contribution is 7.07. The molecule has 0 amide bonds. The van der Waals surface area contributed by atoms with E-state index in [0.29, 0.717) is 0 Å². The molecule has 0 atom stereocenters. The summed E-state index contributed by atoms with van der Waals surface area (Å²) in [5, 5.41) is 13.1. The zero-order valence-corrected chi connectivity index (χ0v) is 8.89. The highest BCUT2D eigenvalue weighted by atomic mass is 32.1. The minimum atomic E-state index is 0.254. The fourth-order valence-electron chi connectivity index (χ4n) is 1.37. The van der Waals surface area contributed by atoms with Crippen molar-refractivity contribution in [3.05, 3.63) is 22.4 Å². The van der Waals surface area contributed by atoms with E-state index >= 15 is 0 Å². The predicted molar refractivity (Wildman–Crippen MR) is 57.0 cm³/mol. The molecule has 0 aliphatic heterocycles. The summed E-state index contributed by atoms with van der Waals surface area (Å²) < 4.78 is 0. The first-order valence-electron chi connectivity index (χ1n) is 4.71. The van der Waals surface area contributed by atoms with Gasteiger partial charge in [0, 0.05) is 13.1 Å². The molecule has 0 spiro atoms. The molecule has 1 rings (SSSR count). The molecular weight excluding hydrogens is 182 g/mol. The molecule has 0 unspecified atom stereocenters. The number of rotatable bonds is 6. The van der Waals surface area contributed by atoms with Crippen LogP contribution in [0.1, 0.15) is 18.9 Å². The number of aliphatic hydroxyl groups is 1. The van der Waals surface area contributed by atoms with Gasteiger partial charge in [0.1, 0.15) is 0 Å². The topological polar surface area (TPSA) is 23.5 Å².